The third-order valence-corrected chi connectivity index (χ3v) is 8.14. The van der Waals surface area contributed by atoms with Crippen LogP contribution in [0.4, 0.5) is 5.69 Å². The molecule has 8 heteroatoms. The van der Waals surface area contributed by atoms with Gasteiger partial charge in [0.1, 0.15) is 0 Å². The van der Waals surface area contributed by atoms with E-state index in [0.29, 0.717) is 30.8 Å². The van der Waals surface area contributed by atoms with Crippen LogP contribution in [0, 0.1) is 12.8 Å². The molecule has 8 nitrogen and oxygen atoms in total. The maximum Gasteiger partial charge on any atom is 0.263 e. The molecule has 2 aliphatic rings. The summed E-state index contributed by atoms with van der Waals surface area (Å²) in [5.41, 5.74) is 4.64. The van der Waals surface area contributed by atoms with E-state index in [9.17, 15) is 14.4 Å². The number of aryl methyl sites for hydroxylation is 1. The standard InChI is InChI=1S/C31H37N5O3/c1-4-5-16-35(20-23-10-7-6-8-11-23)29(37)24-14-17-34(18-15-24)27-13-9-12-26-28(27)31(39)36(30(26)38)21-25-19-32-33(3)22(25)2/h6-13,19,24H,4-5,14-18,20-21H2,1-3H3. The summed E-state index contributed by atoms with van der Waals surface area (Å²) in [6, 6.07) is 15.7. The lowest BCUT2D eigenvalue weighted by molar-refractivity contribution is -0.137. The molecule has 2 aliphatic heterocycles. The molecule has 5 rings (SSSR count). The van der Waals surface area contributed by atoms with Crippen molar-refractivity contribution in [3.8, 4) is 0 Å². The topological polar surface area (TPSA) is 78.8 Å². The second-order valence-electron chi connectivity index (χ2n) is 10.6. The average Bonchev–Trinajstić information content (AvgIpc) is 3.41. The summed E-state index contributed by atoms with van der Waals surface area (Å²) in [5.74, 6) is -0.353. The van der Waals surface area contributed by atoms with Crippen molar-refractivity contribution in [2.75, 3.05) is 24.5 Å². The number of hydrogen-bond acceptors (Lipinski definition) is 5. The normalized spacial score (nSPS) is 15.7. The van der Waals surface area contributed by atoms with Gasteiger partial charge in [0, 0.05) is 50.4 Å². The number of nitrogens with zero attached hydrogens (tertiary/aromatic N) is 5. The number of unbranched alkanes of at least 4 members (excludes halogenated alkanes) is 1. The van der Waals surface area contributed by atoms with E-state index in [1.165, 1.54) is 4.90 Å². The SMILES string of the molecule is CCCCN(Cc1ccccc1)C(=O)C1CCN(c2cccc3c2C(=O)N(Cc2cnn(C)c2C)C3=O)CC1. The highest BCUT2D eigenvalue weighted by Crippen LogP contribution is 2.35. The summed E-state index contributed by atoms with van der Waals surface area (Å²) in [5, 5.41) is 4.25. The van der Waals surface area contributed by atoms with Crippen LogP contribution < -0.4 is 4.90 Å². The largest absolute Gasteiger partial charge is 0.371 e. The van der Waals surface area contributed by atoms with Gasteiger partial charge in [0.25, 0.3) is 11.8 Å². The number of carbonyl (C=O) groups excluding carboxylic acids is 3. The summed E-state index contributed by atoms with van der Waals surface area (Å²) >= 11 is 0. The lowest BCUT2D eigenvalue weighted by Gasteiger charge is -2.36. The van der Waals surface area contributed by atoms with Crippen molar-refractivity contribution in [3.63, 3.8) is 0 Å². The fraction of sp³-hybridized carbons (Fsp3) is 0.419. The zero-order valence-corrected chi connectivity index (χ0v) is 23.1. The minimum absolute atomic E-state index is 0.0408. The molecule has 3 amide bonds. The zero-order valence-electron chi connectivity index (χ0n) is 23.1. The van der Waals surface area contributed by atoms with Gasteiger partial charge in [0.2, 0.25) is 5.91 Å². The van der Waals surface area contributed by atoms with E-state index in [2.05, 4.69) is 29.1 Å². The number of aromatic nitrogens is 2. The summed E-state index contributed by atoms with van der Waals surface area (Å²) in [6.07, 6.45) is 5.18. The Labute approximate surface area is 230 Å². The van der Waals surface area contributed by atoms with Gasteiger partial charge in [-0.25, -0.2) is 0 Å². The van der Waals surface area contributed by atoms with Crippen molar-refractivity contribution in [1.29, 1.82) is 0 Å². The Bertz CT molecular complexity index is 1360. The Morgan fingerprint density at radius 1 is 1.03 bits per heavy atom. The van der Waals surface area contributed by atoms with Gasteiger partial charge in [-0.05, 0) is 43.9 Å². The summed E-state index contributed by atoms with van der Waals surface area (Å²) < 4.78 is 1.74. The Kier molecular flexibility index (Phi) is 7.82. The lowest BCUT2D eigenvalue weighted by Crippen LogP contribution is -2.43. The fourth-order valence-corrected chi connectivity index (χ4v) is 5.64. The highest BCUT2D eigenvalue weighted by Gasteiger charge is 2.39. The van der Waals surface area contributed by atoms with Crippen molar-refractivity contribution in [3.05, 3.63) is 82.7 Å². The number of fused-ring (bicyclic) bond motifs is 1. The van der Waals surface area contributed by atoms with E-state index in [1.54, 1.807) is 16.9 Å². The summed E-state index contributed by atoms with van der Waals surface area (Å²) in [6.45, 7) is 7.02. The molecule has 0 unspecified atom stereocenters. The molecule has 204 valence electrons. The Hall–Kier alpha value is -3.94. The van der Waals surface area contributed by atoms with Crippen LogP contribution in [0.3, 0.4) is 0 Å². The van der Waals surface area contributed by atoms with Crippen LogP contribution >= 0.6 is 0 Å². The van der Waals surface area contributed by atoms with Crippen molar-refractivity contribution >= 4 is 23.4 Å². The molecule has 1 saturated heterocycles. The molecule has 1 aromatic heterocycles. The molecule has 0 aliphatic carbocycles. The molecular weight excluding hydrogens is 490 g/mol. The molecular formula is C31H37N5O3. The van der Waals surface area contributed by atoms with E-state index < -0.39 is 0 Å². The molecule has 0 N–H and O–H groups in total. The first kappa shape index (κ1) is 26.7. The van der Waals surface area contributed by atoms with Crippen molar-refractivity contribution < 1.29 is 14.4 Å². The maximum atomic E-state index is 13.6. The average molecular weight is 528 g/mol. The maximum absolute atomic E-state index is 13.6. The number of carbonyl (C=O) groups is 3. The molecule has 2 aromatic carbocycles. The third-order valence-electron chi connectivity index (χ3n) is 8.14. The summed E-state index contributed by atoms with van der Waals surface area (Å²) in [7, 11) is 1.85. The van der Waals surface area contributed by atoms with Crippen LogP contribution in [0.1, 0.15) is 70.1 Å². The second kappa shape index (κ2) is 11.4. The first-order valence-corrected chi connectivity index (χ1v) is 13.9. The molecule has 1 fully saturated rings. The predicted octanol–water partition coefficient (Wildman–Crippen LogP) is 4.57. The monoisotopic (exact) mass is 527 g/mol. The zero-order chi connectivity index (χ0) is 27.5. The van der Waals surface area contributed by atoms with Gasteiger partial charge in [-0.1, -0.05) is 49.7 Å². The van der Waals surface area contributed by atoms with Crippen LogP contribution in [0.15, 0.2) is 54.7 Å². The van der Waals surface area contributed by atoms with Gasteiger partial charge < -0.3 is 9.80 Å². The fourth-order valence-electron chi connectivity index (χ4n) is 5.64. The minimum atomic E-state index is -0.266. The van der Waals surface area contributed by atoms with Crippen molar-refractivity contribution in [2.24, 2.45) is 13.0 Å². The van der Waals surface area contributed by atoms with E-state index >= 15 is 0 Å². The first-order valence-electron chi connectivity index (χ1n) is 13.9. The molecule has 0 bridgehead atoms. The number of piperidine rings is 1. The van der Waals surface area contributed by atoms with Crippen LogP contribution in [-0.4, -0.2) is 56.9 Å². The van der Waals surface area contributed by atoms with E-state index in [0.717, 1.165) is 54.7 Å². The Balaban J connectivity index is 1.28. The van der Waals surface area contributed by atoms with Crippen LogP contribution in [0.5, 0.6) is 0 Å². The smallest absolute Gasteiger partial charge is 0.263 e. The molecule has 0 radical (unpaired) electrons. The third kappa shape index (κ3) is 5.33. The quantitative estimate of drug-likeness (QED) is 0.381. The predicted molar refractivity (Wildman–Crippen MR) is 150 cm³/mol. The second-order valence-corrected chi connectivity index (χ2v) is 10.6. The highest BCUT2D eigenvalue weighted by atomic mass is 16.2. The number of imide groups is 1. The molecule has 0 saturated carbocycles. The number of anilines is 1. The Morgan fingerprint density at radius 2 is 1.77 bits per heavy atom. The molecule has 3 heterocycles. The van der Waals surface area contributed by atoms with Crippen LogP contribution in [0.25, 0.3) is 0 Å². The van der Waals surface area contributed by atoms with Crippen molar-refractivity contribution in [2.45, 2.75) is 52.6 Å². The van der Waals surface area contributed by atoms with Gasteiger partial charge >= 0.3 is 0 Å². The molecule has 39 heavy (non-hydrogen) atoms. The van der Waals surface area contributed by atoms with Gasteiger partial charge in [-0.15, -0.1) is 0 Å². The van der Waals surface area contributed by atoms with Gasteiger partial charge in [0.15, 0.2) is 0 Å². The minimum Gasteiger partial charge on any atom is -0.371 e. The molecule has 0 spiro atoms. The number of benzene rings is 2. The van der Waals surface area contributed by atoms with E-state index in [4.69, 9.17) is 0 Å². The molecule has 3 aromatic rings. The van der Waals surface area contributed by atoms with Crippen LogP contribution in [-0.2, 0) is 24.9 Å². The van der Waals surface area contributed by atoms with Gasteiger partial charge in [-0.2, -0.15) is 5.10 Å². The number of amides is 3. The van der Waals surface area contributed by atoms with Crippen molar-refractivity contribution in [1.82, 2.24) is 19.6 Å². The first-order chi connectivity index (χ1) is 18.9. The van der Waals surface area contributed by atoms with Gasteiger partial charge in [-0.3, -0.25) is 24.0 Å². The van der Waals surface area contributed by atoms with Crippen LogP contribution in [0.2, 0.25) is 0 Å². The van der Waals surface area contributed by atoms with E-state index in [1.807, 2.05) is 49.2 Å². The number of rotatable bonds is 9. The van der Waals surface area contributed by atoms with Gasteiger partial charge in [0.05, 0.1) is 29.6 Å². The highest BCUT2D eigenvalue weighted by molar-refractivity contribution is 6.23. The molecule has 0 atom stereocenters. The van der Waals surface area contributed by atoms with E-state index in [-0.39, 0.29) is 30.2 Å². The summed E-state index contributed by atoms with van der Waals surface area (Å²) in [4.78, 5) is 45.8. The number of hydrogen-bond donors (Lipinski definition) is 0. The Morgan fingerprint density at radius 3 is 2.44 bits per heavy atom. The lowest BCUT2D eigenvalue weighted by atomic mass is 9.93.